The van der Waals surface area contributed by atoms with Crippen LogP contribution in [0.25, 0.3) is 0 Å². The Labute approximate surface area is 156 Å². The van der Waals surface area contributed by atoms with Crippen LogP contribution in [0.4, 0.5) is 5.69 Å². The summed E-state index contributed by atoms with van der Waals surface area (Å²) in [5.74, 6) is 0.0648. The van der Waals surface area contributed by atoms with Gasteiger partial charge in [0.25, 0.3) is 0 Å². The van der Waals surface area contributed by atoms with Crippen LogP contribution in [0.3, 0.4) is 0 Å². The molecule has 1 aliphatic rings. The summed E-state index contributed by atoms with van der Waals surface area (Å²) in [6.07, 6.45) is 0.736. The Morgan fingerprint density at radius 1 is 0.840 bits per heavy atom. The van der Waals surface area contributed by atoms with Gasteiger partial charge in [0.1, 0.15) is 0 Å². The van der Waals surface area contributed by atoms with Gasteiger partial charge < -0.3 is 4.90 Å². The Morgan fingerprint density at radius 3 is 2.16 bits per heavy atom. The smallest absolute Gasteiger partial charge is 0.235 e. The summed E-state index contributed by atoms with van der Waals surface area (Å²) in [4.78, 5) is 15.1. The van der Waals surface area contributed by atoms with Crippen LogP contribution in [0, 0.1) is 0 Å². The Bertz CT molecular complexity index is 892. The summed E-state index contributed by atoms with van der Waals surface area (Å²) < 4.78 is 0.998. The summed E-state index contributed by atoms with van der Waals surface area (Å²) in [7, 11) is 0. The second kappa shape index (κ2) is 6.85. The zero-order chi connectivity index (χ0) is 17.2. The lowest BCUT2D eigenvalue weighted by atomic mass is 9.93. The van der Waals surface area contributed by atoms with Crippen molar-refractivity contribution < 1.29 is 4.79 Å². The van der Waals surface area contributed by atoms with Crippen LogP contribution in [0.15, 0.2) is 83.3 Å². The Morgan fingerprint density at radius 2 is 1.48 bits per heavy atom. The van der Waals surface area contributed by atoms with Gasteiger partial charge in [-0.3, -0.25) is 4.79 Å². The standard InChI is InChI=1S/C22H18BrNO/c23-18-11-12-19-20(13-16-7-3-1-4-8-16)22(25)24(21(19)14-18)15-17-9-5-2-6-10-17/h1-12,14,20H,13,15H2. The number of hydrogen-bond donors (Lipinski definition) is 0. The molecule has 0 bridgehead atoms. The van der Waals surface area contributed by atoms with Gasteiger partial charge >= 0.3 is 0 Å². The highest BCUT2D eigenvalue weighted by Crippen LogP contribution is 2.41. The molecule has 124 valence electrons. The van der Waals surface area contributed by atoms with Crippen LogP contribution < -0.4 is 4.90 Å². The molecule has 4 rings (SSSR count). The quantitative estimate of drug-likeness (QED) is 0.588. The Balaban J connectivity index is 1.69. The maximum Gasteiger partial charge on any atom is 0.235 e. The van der Waals surface area contributed by atoms with Gasteiger partial charge in [0.05, 0.1) is 12.5 Å². The van der Waals surface area contributed by atoms with E-state index in [1.165, 1.54) is 5.56 Å². The highest BCUT2D eigenvalue weighted by atomic mass is 79.9. The molecule has 1 unspecified atom stereocenters. The molecule has 0 spiro atoms. The highest BCUT2D eigenvalue weighted by molar-refractivity contribution is 9.10. The molecule has 1 amide bonds. The van der Waals surface area contributed by atoms with Crippen molar-refractivity contribution in [2.75, 3.05) is 4.90 Å². The average Bonchev–Trinajstić information content (AvgIpc) is 2.89. The fraction of sp³-hybridized carbons (Fsp3) is 0.136. The van der Waals surface area contributed by atoms with Crippen LogP contribution >= 0.6 is 15.9 Å². The SMILES string of the molecule is O=C1C(Cc2ccccc2)c2ccc(Br)cc2N1Cc1ccccc1. The van der Waals surface area contributed by atoms with Crippen LogP contribution in [-0.2, 0) is 17.8 Å². The largest absolute Gasteiger partial charge is 0.307 e. The summed E-state index contributed by atoms with van der Waals surface area (Å²) in [6.45, 7) is 0.606. The molecule has 3 aromatic rings. The molecule has 0 fully saturated rings. The molecular formula is C22H18BrNO. The first-order valence-electron chi connectivity index (χ1n) is 8.41. The van der Waals surface area contributed by atoms with Gasteiger partial charge in [0.15, 0.2) is 0 Å². The monoisotopic (exact) mass is 391 g/mol. The van der Waals surface area contributed by atoms with E-state index in [0.29, 0.717) is 6.54 Å². The third-order valence-corrected chi connectivity index (χ3v) is 5.18. The molecular weight excluding hydrogens is 374 g/mol. The summed E-state index contributed by atoms with van der Waals surface area (Å²) >= 11 is 3.55. The van der Waals surface area contributed by atoms with E-state index in [1.54, 1.807) is 0 Å². The van der Waals surface area contributed by atoms with E-state index in [1.807, 2.05) is 47.4 Å². The minimum atomic E-state index is -0.116. The van der Waals surface area contributed by atoms with Crippen molar-refractivity contribution in [1.29, 1.82) is 0 Å². The lowest BCUT2D eigenvalue weighted by Gasteiger charge is -2.18. The van der Waals surface area contributed by atoms with Gasteiger partial charge in [-0.05, 0) is 35.2 Å². The number of nitrogens with zero attached hydrogens (tertiary/aromatic N) is 1. The third kappa shape index (κ3) is 3.24. The zero-order valence-electron chi connectivity index (χ0n) is 13.7. The molecule has 25 heavy (non-hydrogen) atoms. The number of anilines is 1. The van der Waals surface area contributed by atoms with E-state index in [0.717, 1.165) is 27.7 Å². The first-order chi connectivity index (χ1) is 12.2. The molecule has 0 N–H and O–H groups in total. The van der Waals surface area contributed by atoms with Gasteiger partial charge in [0.2, 0.25) is 5.91 Å². The molecule has 0 aliphatic carbocycles. The van der Waals surface area contributed by atoms with Crippen molar-refractivity contribution in [3.63, 3.8) is 0 Å². The van der Waals surface area contributed by atoms with E-state index in [-0.39, 0.29) is 11.8 Å². The highest BCUT2D eigenvalue weighted by Gasteiger charge is 2.37. The number of amides is 1. The van der Waals surface area contributed by atoms with Gasteiger partial charge in [-0.25, -0.2) is 0 Å². The van der Waals surface area contributed by atoms with Crippen LogP contribution in [0.5, 0.6) is 0 Å². The van der Waals surface area contributed by atoms with Crippen molar-refractivity contribution in [1.82, 2.24) is 0 Å². The predicted octanol–water partition coefficient (Wildman–Crippen LogP) is 5.32. The molecule has 0 aromatic heterocycles. The van der Waals surface area contributed by atoms with E-state index in [9.17, 15) is 4.79 Å². The molecule has 3 heteroatoms. The molecule has 0 saturated heterocycles. The fourth-order valence-corrected chi connectivity index (χ4v) is 3.81. The minimum Gasteiger partial charge on any atom is -0.307 e. The molecule has 0 radical (unpaired) electrons. The summed E-state index contributed by atoms with van der Waals surface area (Å²) in [5.41, 5.74) is 4.47. The van der Waals surface area contributed by atoms with Crippen molar-refractivity contribution in [2.45, 2.75) is 18.9 Å². The Hall–Kier alpha value is -2.39. The van der Waals surface area contributed by atoms with Gasteiger partial charge in [-0.15, -0.1) is 0 Å². The summed E-state index contributed by atoms with van der Waals surface area (Å²) in [6, 6.07) is 26.6. The number of carbonyl (C=O) groups is 1. The number of hydrogen-bond acceptors (Lipinski definition) is 1. The lowest BCUT2D eigenvalue weighted by Crippen LogP contribution is -2.28. The van der Waals surface area contributed by atoms with E-state index >= 15 is 0 Å². The topological polar surface area (TPSA) is 20.3 Å². The maximum atomic E-state index is 13.2. The second-order valence-corrected chi connectivity index (χ2v) is 7.27. The van der Waals surface area contributed by atoms with Crippen LogP contribution in [0.1, 0.15) is 22.6 Å². The van der Waals surface area contributed by atoms with Gasteiger partial charge in [-0.1, -0.05) is 82.7 Å². The number of benzene rings is 3. The van der Waals surface area contributed by atoms with Crippen molar-refractivity contribution in [3.8, 4) is 0 Å². The van der Waals surface area contributed by atoms with Crippen molar-refractivity contribution >= 4 is 27.5 Å². The first-order valence-corrected chi connectivity index (χ1v) is 9.20. The number of halogens is 1. The normalized spacial score (nSPS) is 16.1. The fourth-order valence-electron chi connectivity index (χ4n) is 3.46. The molecule has 1 atom stereocenters. The first kappa shape index (κ1) is 16.1. The lowest BCUT2D eigenvalue weighted by molar-refractivity contribution is -0.119. The number of fused-ring (bicyclic) bond motifs is 1. The van der Waals surface area contributed by atoms with Gasteiger partial charge in [0, 0.05) is 10.2 Å². The van der Waals surface area contributed by atoms with E-state index in [4.69, 9.17) is 0 Å². The predicted molar refractivity (Wildman–Crippen MR) is 105 cm³/mol. The van der Waals surface area contributed by atoms with Crippen LogP contribution in [0.2, 0.25) is 0 Å². The molecule has 1 aliphatic heterocycles. The maximum absolute atomic E-state index is 13.2. The van der Waals surface area contributed by atoms with Crippen molar-refractivity contribution in [2.24, 2.45) is 0 Å². The average molecular weight is 392 g/mol. The molecule has 1 heterocycles. The summed E-state index contributed by atoms with van der Waals surface area (Å²) in [5, 5.41) is 0. The Kier molecular flexibility index (Phi) is 4.41. The molecule has 0 saturated carbocycles. The molecule has 2 nitrogen and oxygen atoms in total. The van der Waals surface area contributed by atoms with Gasteiger partial charge in [-0.2, -0.15) is 0 Å². The number of rotatable bonds is 4. The second-order valence-electron chi connectivity index (χ2n) is 6.36. The third-order valence-electron chi connectivity index (χ3n) is 4.69. The molecule has 3 aromatic carbocycles. The number of carbonyl (C=O) groups excluding carboxylic acids is 1. The van der Waals surface area contributed by atoms with E-state index in [2.05, 4.69) is 52.3 Å². The van der Waals surface area contributed by atoms with E-state index < -0.39 is 0 Å². The van der Waals surface area contributed by atoms with Crippen molar-refractivity contribution in [3.05, 3.63) is 100 Å². The minimum absolute atomic E-state index is 0.116. The zero-order valence-corrected chi connectivity index (χ0v) is 15.3. The van der Waals surface area contributed by atoms with Crippen LogP contribution in [-0.4, -0.2) is 5.91 Å².